The highest BCUT2D eigenvalue weighted by molar-refractivity contribution is 8.18. The Morgan fingerprint density at radius 2 is 1.88 bits per heavy atom. The van der Waals surface area contributed by atoms with E-state index in [4.69, 9.17) is 5.26 Å². The van der Waals surface area contributed by atoms with E-state index in [9.17, 15) is 9.59 Å². The number of nitrogens with zero attached hydrogens (tertiary/aromatic N) is 2. The van der Waals surface area contributed by atoms with Gasteiger partial charge in [0.1, 0.15) is 0 Å². The second kappa shape index (κ2) is 5.96. The Bertz CT molecular complexity index is 1090. The van der Waals surface area contributed by atoms with Crippen molar-refractivity contribution in [2.75, 3.05) is 0 Å². The standard InChI is InChI=1S/C19H11N3O2S/c20-11-12-4-6-14(7-5-12)22-9-8-15-13(2-1-3-16(15)22)10-17-18(23)21-19(24)25-17/h1-10H,(H,21,23,24)/b17-10-. The highest BCUT2D eigenvalue weighted by atomic mass is 32.2. The summed E-state index contributed by atoms with van der Waals surface area (Å²) in [6, 6.07) is 17.2. The number of aromatic nitrogens is 1. The van der Waals surface area contributed by atoms with Gasteiger partial charge in [-0.3, -0.25) is 14.9 Å². The number of imide groups is 1. The Balaban J connectivity index is 1.81. The van der Waals surface area contributed by atoms with Crippen LogP contribution in [0.3, 0.4) is 0 Å². The number of carbonyl (C=O) groups excluding carboxylic acids is 2. The molecule has 2 amide bonds. The van der Waals surface area contributed by atoms with Crippen molar-refractivity contribution in [3.63, 3.8) is 0 Å². The lowest BCUT2D eigenvalue weighted by Crippen LogP contribution is -2.17. The van der Waals surface area contributed by atoms with Gasteiger partial charge in [-0.15, -0.1) is 0 Å². The largest absolute Gasteiger partial charge is 0.317 e. The fraction of sp³-hybridized carbons (Fsp3) is 0. The van der Waals surface area contributed by atoms with Crippen LogP contribution >= 0.6 is 11.8 Å². The molecule has 0 bridgehead atoms. The summed E-state index contributed by atoms with van der Waals surface area (Å²) in [6.45, 7) is 0. The van der Waals surface area contributed by atoms with E-state index < -0.39 is 0 Å². The average Bonchev–Trinajstić information content (AvgIpc) is 3.19. The molecule has 6 heteroatoms. The van der Waals surface area contributed by atoms with Gasteiger partial charge in [-0.05, 0) is 59.8 Å². The molecule has 0 radical (unpaired) electrons. The second-order valence-corrected chi connectivity index (χ2v) is 6.49. The lowest BCUT2D eigenvalue weighted by Gasteiger charge is -2.06. The number of hydrogen-bond acceptors (Lipinski definition) is 4. The summed E-state index contributed by atoms with van der Waals surface area (Å²) in [5, 5.41) is 11.8. The first-order valence-electron chi connectivity index (χ1n) is 7.51. The van der Waals surface area contributed by atoms with Crippen molar-refractivity contribution in [2.45, 2.75) is 0 Å². The van der Waals surface area contributed by atoms with Gasteiger partial charge in [0, 0.05) is 17.3 Å². The first kappa shape index (κ1) is 15.2. The van der Waals surface area contributed by atoms with Gasteiger partial charge in [0.05, 0.1) is 22.1 Å². The number of fused-ring (bicyclic) bond motifs is 1. The molecule has 0 atom stereocenters. The summed E-state index contributed by atoms with van der Waals surface area (Å²) in [5.41, 5.74) is 3.41. The fourth-order valence-corrected chi connectivity index (χ4v) is 3.47. The molecule has 1 aliphatic heterocycles. The predicted molar refractivity (Wildman–Crippen MR) is 97.1 cm³/mol. The maximum Gasteiger partial charge on any atom is 0.290 e. The minimum Gasteiger partial charge on any atom is -0.317 e. The molecule has 2 aromatic carbocycles. The van der Waals surface area contributed by atoms with E-state index in [1.54, 1.807) is 18.2 Å². The number of hydrogen-bond donors (Lipinski definition) is 1. The summed E-state index contributed by atoms with van der Waals surface area (Å²) >= 11 is 0.908. The fourth-order valence-electron chi connectivity index (χ4n) is 2.80. The van der Waals surface area contributed by atoms with Gasteiger partial charge in [-0.25, -0.2) is 0 Å². The predicted octanol–water partition coefficient (Wildman–Crippen LogP) is 3.83. The maximum atomic E-state index is 11.8. The van der Waals surface area contributed by atoms with Crippen molar-refractivity contribution in [3.05, 3.63) is 70.8 Å². The van der Waals surface area contributed by atoms with Crippen LogP contribution in [-0.2, 0) is 4.79 Å². The molecule has 0 aliphatic carbocycles. The number of benzene rings is 2. The third kappa shape index (κ3) is 2.71. The van der Waals surface area contributed by atoms with E-state index in [2.05, 4.69) is 11.4 Å². The number of nitrogens with one attached hydrogen (secondary N) is 1. The monoisotopic (exact) mass is 345 g/mol. The van der Waals surface area contributed by atoms with E-state index >= 15 is 0 Å². The first-order chi connectivity index (χ1) is 12.2. The molecule has 0 spiro atoms. The van der Waals surface area contributed by atoms with Gasteiger partial charge in [0.25, 0.3) is 11.1 Å². The molecule has 2 heterocycles. The van der Waals surface area contributed by atoms with Crippen molar-refractivity contribution in [3.8, 4) is 11.8 Å². The highest BCUT2D eigenvalue weighted by Gasteiger charge is 2.25. The molecule has 1 aliphatic rings. The lowest BCUT2D eigenvalue weighted by molar-refractivity contribution is -0.115. The van der Waals surface area contributed by atoms with Crippen molar-refractivity contribution >= 4 is 39.9 Å². The number of thioether (sulfide) groups is 1. The van der Waals surface area contributed by atoms with Crippen LogP contribution < -0.4 is 5.32 Å². The zero-order valence-corrected chi connectivity index (χ0v) is 13.7. The summed E-state index contributed by atoms with van der Waals surface area (Å²) in [4.78, 5) is 23.5. The van der Waals surface area contributed by atoms with E-state index in [0.717, 1.165) is 33.9 Å². The smallest absolute Gasteiger partial charge is 0.290 e. The van der Waals surface area contributed by atoms with Gasteiger partial charge in [0.2, 0.25) is 0 Å². The quantitative estimate of drug-likeness (QED) is 0.716. The van der Waals surface area contributed by atoms with Gasteiger partial charge in [0.15, 0.2) is 0 Å². The summed E-state index contributed by atoms with van der Waals surface area (Å²) in [7, 11) is 0. The Morgan fingerprint density at radius 3 is 2.56 bits per heavy atom. The molecule has 120 valence electrons. The van der Waals surface area contributed by atoms with Gasteiger partial charge < -0.3 is 4.57 Å². The van der Waals surface area contributed by atoms with E-state index in [0.29, 0.717) is 10.5 Å². The molecular weight excluding hydrogens is 334 g/mol. The zero-order valence-electron chi connectivity index (χ0n) is 12.9. The van der Waals surface area contributed by atoms with E-state index in [1.165, 1.54) is 0 Å². The van der Waals surface area contributed by atoms with Crippen molar-refractivity contribution < 1.29 is 9.59 Å². The Labute approximate surface area is 147 Å². The van der Waals surface area contributed by atoms with Gasteiger partial charge in [-0.1, -0.05) is 12.1 Å². The molecule has 4 rings (SSSR count). The van der Waals surface area contributed by atoms with Crippen LogP contribution in [0.1, 0.15) is 11.1 Å². The van der Waals surface area contributed by atoms with Crippen LogP contribution in [0, 0.1) is 11.3 Å². The molecule has 3 aromatic rings. The van der Waals surface area contributed by atoms with Gasteiger partial charge >= 0.3 is 0 Å². The van der Waals surface area contributed by atoms with E-state index in [1.807, 2.05) is 47.2 Å². The third-order valence-electron chi connectivity index (χ3n) is 3.97. The normalized spacial score (nSPS) is 15.6. The van der Waals surface area contributed by atoms with E-state index in [-0.39, 0.29) is 11.1 Å². The third-order valence-corrected chi connectivity index (χ3v) is 4.78. The Hall–Kier alpha value is -3.30. The molecule has 5 nitrogen and oxygen atoms in total. The highest BCUT2D eigenvalue weighted by Crippen LogP contribution is 2.30. The number of nitriles is 1. The summed E-state index contributed by atoms with van der Waals surface area (Å²) < 4.78 is 2.02. The molecule has 0 unspecified atom stereocenters. The minimum absolute atomic E-state index is 0.349. The number of rotatable bonds is 2. The second-order valence-electron chi connectivity index (χ2n) is 5.48. The summed E-state index contributed by atoms with van der Waals surface area (Å²) in [5.74, 6) is -0.362. The van der Waals surface area contributed by atoms with Crippen molar-refractivity contribution in [2.24, 2.45) is 0 Å². The number of carbonyl (C=O) groups is 2. The van der Waals surface area contributed by atoms with Crippen molar-refractivity contribution in [1.82, 2.24) is 9.88 Å². The molecule has 25 heavy (non-hydrogen) atoms. The van der Waals surface area contributed by atoms with Crippen LogP contribution in [0.2, 0.25) is 0 Å². The zero-order chi connectivity index (χ0) is 17.4. The molecule has 0 saturated carbocycles. The number of amides is 2. The van der Waals surface area contributed by atoms with Crippen molar-refractivity contribution in [1.29, 1.82) is 5.26 Å². The van der Waals surface area contributed by atoms with Crippen LogP contribution in [-0.4, -0.2) is 15.7 Å². The molecule has 1 aromatic heterocycles. The topological polar surface area (TPSA) is 74.9 Å². The van der Waals surface area contributed by atoms with Crippen LogP contribution in [0.25, 0.3) is 22.7 Å². The Kier molecular flexibility index (Phi) is 3.64. The van der Waals surface area contributed by atoms with Crippen LogP contribution in [0.4, 0.5) is 4.79 Å². The first-order valence-corrected chi connectivity index (χ1v) is 8.33. The van der Waals surface area contributed by atoms with Crippen LogP contribution in [0.15, 0.2) is 59.6 Å². The molecule has 1 saturated heterocycles. The van der Waals surface area contributed by atoms with Gasteiger partial charge in [-0.2, -0.15) is 5.26 Å². The lowest BCUT2D eigenvalue weighted by atomic mass is 10.1. The summed E-state index contributed by atoms with van der Waals surface area (Å²) in [6.07, 6.45) is 3.68. The SMILES string of the molecule is N#Cc1ccc(-n2ccc3c(/C=C4\SC(=O)NC4=O)cccc32)cc1. The maximum absolute atomic E-state index is 11.8. The van der Waals surface area contributed by atoms with Crippen LogP contribution in [0.5, 0.6) is 0 Å². The molecular formula is C19H11N3O2S. The molecule has 1 N–H and O–H groups in total. The average molecular weight is 345 g/mol. The minimum atomic E-state index is -0.362. The molecule has 1 fully saturated rings. The Morgan fingerprint density at radius 1 is 1.08 bits per heavy atom.